The third-order valence-corrected chi connectivity index (χ3v) is 4.05. The normalized spacial score (nSPS) is 11.8. The number of hydrogen-bond donors (Lipinski definition) is 0. The maximum absolute atomic E-state index is 13.3. The van der Waals surface area contributed by atoms with Crippen LogP contribution in [0.5, 0.6) is 0 Å². The molecule has 0 bridgehead atoms. The summed E-state index contributed by atoms with van der Waals surface area (Å²) >= 11 is 1.64. The SMILES string of the molecule is Fc1ccc2nc3c4ccccc4sc3n2c1. The number of thiophene rings is 1. The molecule has 17 heavy (non-hydrogen) atoms. The van der Waals surface area contributed by atoms with Crippen LogP contribution in [0.4, 0.5) is 4.39 Å². The number of fused-ring (bicyclic) bond motifs is 5. The van der Waals surface area contributed by atoms with Crippen molar-refractivity contribution in [2.24, 2.45) is 0 Å². The molecular weight excluding hydrogens is 235 g/mol. The van der Waals surface area contributed by atoms with Gasteiger partial charge in [-0.25, -0.2) is 9.37 Å². The average molecular weight is 242 g/mol. The summed E-state index contributed by atoms with van der Waals surface area (Å²) in [6.07, 6.45) is 1.49. The van der Waals surface area contributed by atoms with Crippen LogP contribution in [-0.4, -0.2) is 9.38 Å². The van der Waals surface area contributed by atoms with Gasteiger partial charge in [-0.05, 0) is 18.2 Å². The second-order valence-electron chi connectivity index (χ2n) is 3.94. The van der Waals surface area contributed by atoms with Gasteiger partial charge in [-0.3, -0.25) is 4.40 Å². The molecule has 0 aliphatic carbocycles. The van der Waals surface area contributed by atoms with Crippen LogP contribution in [0.15, 0.2) is 42.6 Å². The van der Waals surface area contributed by atoms with Crippen molar-refractivity contribution in [1.82, 2.24) is 9.38 Å². The van der Waals surface area contributed by atoms with Gasteiger partial charge in [-0.15, -0.1) is 11.3 Å². The maximum atomic E-state index is 13.3. The Balaban J connectivity index is 2.30. The first-order valence-corrected chi connectivity index (χ1v) is 6.09. The first-order valence-electron chi connectivity index (χ1n) is 5.28. The zero-order valence-corrected chi connectivity index (χ0v) is 9.54. The Morgan fingerprint density at radius 3 is 2.94 bits per heavy atom. The average Bonchev–Trinajstić information content (AvgIpc) is 2.85. The molecule has 0 fully saturated rings. The van der Waals surface area contributed by atoms with Gasteiger partial charge in [0.05, 0.1) is 0 Å². The first kappa shape index (κ1) is 9.13. The lowest BCUT2D eigenvalue weighted by atomic mass is 10.2. The molecule has 3 aromatic heterocycles. The Labute approximate surface area is 99.9 Å². The molecule has 0 saturated heterocycles. The highest BCUT2D eigenvalue weighted by molar-refractivity contribution is 7.25. The second-order valence-corrected chi connectivity index (χ2v) is 4.97. The Kier molecular flexibility index (Phi) is 1.64. The van der Waals surface area contributed by atoms with Crippen molar-refractivity contribution in [1.29, 1.82) is 0 Å². The molecule has 1 aromatic carbocycles. The monoisotopic (exact) mass is 242 g/mol. The molecule has 0 saturated carbocycles. The molecule has 0 N–H and O–H groups in total. The van der Waals surface area contributed by atoms with E-state index in [9.17, 15) is 4.39 Å². The van der Waals surface area contributed by atoms with Crippen LogP contribution in [0.25, 0.3) is 26.1 Å². The van der Waals surface area contributed by atoms with E-state index < -0.39 is 0 Å². The fourth-order valence-electron chi connectivity index (χ4n) is 2.13. The molecule has 4 aromatic rings. The molecule has 0 unspecified atom stereocenters. The summed E-state index contributed by atoms with van der Waals surface area (Å²) in [6.45, 7) is 0. The van der Waals surface area contributed by atoms with E-state index in [0.717, 1.165) is 21.4 Å². The topological polar surface area (TPSA) is 17.3 Å². The molecule has 0 aliphatic heterocycles. The van der Waals surface area contributed by atoms with E-state index in [-0.39, 0.29) is 5.82 Å². The van der Waals surface area contributed by atoms with Crippen LogP contribution in [0.2, 0.25) is 0 Å². The van der Waals surface area contributed by atoms with E-state index in [2.05, 4.69) is 17.1 Å². The number of benzene rings is 1. The maximum Gasteiger partial charge on any atom is 0.139 e. The molecule has 0 spiro atoms. The molecule has 3 heterocycles. The minimum atomic E-state index is -0.241. The Hall–Kier alpha value is -1.94. The minimum absolute atomic E-state index is 0.241. The van der Waals surface area contributed by atoms with Gasteiger partial charge in [0.1, 0.15) is 21.8 Å². The summed E-state index contributed by atoms with van der Waals surface area (Å²) < 4.78 is 16.3. The van der Waals surface area contributed by atoms with Gasteiger partial charge < -0.3 is 0 Å². The highest BCUT2D eigenvalue weighted by Crippen LogP contribution is 2.33. The smallest absolute Gasteiger partial charge is 0.139 e. The van der Waals surface area contributed by atoms with Crippen molar-refractivity contribution in [2.75, 3.05) is 0 Å². The number of hydrogen-bond acceptors (Lipinski definition) is 2. The fourth-order valence-corrected chi connectivity index (χ4v) is 3.25. The van der Waals surface area contributed by atoms with Crippen LogP contribution in [-0.2, 0) is 0 Å². The third kappa shape index (κ3) is 1.16. The van der Waals surface area contributed by atoms with Crippen molar-refractivity contribution >= 4 is 37.4 Å². The number of rotatable bonds is 0. The highest BCUT2D eigenvalue weighted by atomic mass is 32.1. The minimum Gasteiger partial charge on any atom is -0.288 e. The zero-order valence-electron chi connectivity index (χ0n) is 8.72. The highest BCUT2D eigenvalue weighted by Gasteiger charge is 2.11. The second kappa shape index (κ2) is 3.05. The van der Waals surface area contributed by atoms with E-state index in [1.807, 2.05) is 16.5 Å². The van der Waals surface area contributed by atoms with Gasteiger partial charge in [0.25, 0.3) is 0 Å². The van der Waals surface area contributed by atoms with Gasteiger partial charge in [0.2, 0.25) is 0 Å². The van der Waals surface area contributed by atoms with Gasteiger partial charge in [0, 0.05) is 16.3 Å². The molecule has 0 radical (unpaired) electrons. The molecule has 4 rings (SSSR count). The van der Waals surface area contributed by atoms with Crippen molar-refractivity contribution in [3.05, 3.63) is 48.4 Å². The number of imidazole rings is 1. The summed E-state index contributed by atoms with van der Waals surface area (Å²) in [5.41, 5.74) is 1.75. The van der Waals surface area contributed by atoms with Crippen LogP contribution in [0.3, 0.4) is 0 Å². The van der Waals surface area contributed by atoms with Crippen LogP contribution >= 0.6 is 11.3 Å². The summed E-state index contributed by atoms with van der Waals surface area (Å²) in [4.78, 5) is 5.55. The van der Waals surface area contributed by atoms with Crippen LogP contribution in [0, 0.1) is 5.82 Å². The number of halogens is 1. The van der Waals surface area contributed by atoms with Crippen molar-refractivity contribution in [2.45, 2.75) is 0 Å². The summed E-state index contributed by atoms with van der Waals surface area (Å²) in [5.74, 6) is -0.241. The number of aromatic nitrogens is 2. The predicted molar refractivity (Wildman–Crippen MR) is 68.0 cm³/mol. The Morgan fingerprint density at radius 2 is 2.00 bits per heavy atom. The predicted octanol–water partition coefficient (Wildman–Crippen LogP) is 3.84. The van der Waals surface area contributed by atoms with Gasteiger partial charge >= 0.3 is 0 Å². The van der Waals surface area contributed by atoms with Gasteiger partial charge in [-0.2, -0.15) is 0 Å². The first-order chi connectivity index (χ1) is 8.33. The van der Waals surface area contributed by atoms with Gasteiger partial charge in [0.15, 0.2) is 0 Å². The summed E-state index contributed by atoms with van der Waals surface area (Å²) in [6, 6.07) is 11.3. The van der Waals surface area contributed by atoms with Crippen LogP contribution in [0.1, 0.15) is 0 Å². The van der Waals surface area contributed by atoms with E-state index >= 15 is 0 Å². The largest absolute Gasteiger partial charge is 0.288 e. The molecular formula is C13H7FN2S. The van der Waals surface area contributed by atoms with E-state index in [1.54, 1.807) is 17.4 Å². The lowest BCUT2D eigenvalue weighted by Crippen LogP contribution is -1.84. The summed E-state index contributed by atoms with van der Waals surface area (Å²) in [5, 5.41) is 1.14. The number of nitrogens with zero attached hydrogens (tertiary/aromatic N) is 2. The molecule has 0 amide bonds. The van der Waals surface area contributed by atoms with E-state index in [4.69, 9.17) is 0 Å². The lowest BCUT2D eigenvalue weighted by Gasteiger charge is -1.92. The van der Waals surface area contributed by atoms with Crippen molar-refractivity contribution in [3.8, 4) is 0 Å². The summed E-state index contributed by atoms with van der Waals surface area (Å²) in [7, 11) is 0. The third-order valence-electron chi connectivity index (χ3n) is 2.89. The van der Waals surface area contributed by atoms with E-state index in [0.29, 0.717) is 0 Å². The van der Waals surface area contributed by atoms with Crippen molar-refractivity contribution in [3.63, 3.8) is 0 Å². The zero-order chi connectivity index (χ0) is 11.4. The Bertz CT molecular complexity index is 860. The molecule has 0 atom stereocenters. The Morgan fingerprint density at radius 1 is 1.12 bits per heavy atom. The molecule has 2 nitrogen and oxygen atoms in total. The standard InChI is InChI=1S/C13H7FN2S/c14-8-5-6-11-15-12-9-3-1-2-4-10(9)17-13(12)16(11)7-8/h1-7H. The van der Waals surface area contributed by atoms with E-state index in [1.165, 1.54) is 17.0 Å². The quantitative estimate of drug-likeness (QED) is 0.458. The molecule has 0 aliphatic rings. The van der Waals surface area contributed by atoms with Crippen LogP contribution < -0.4 is 0 Å². The molecule has 82 valence electrons. The fraction of sp³-hybridized carbons (Fsp3) is 0. The number of pyridine rings is 1. The van der Waals surface area contributed by atoms with Gasteiger partial charge in [-0.1, -0.05) is 18.2 Å². The lowest BCUT2D eigenvalue weighted by molar-refractivity contribution is 0.620. The molecule has 4 heteroatoms. The van der Waals surface area contributed by atoms with Crippen molar-refractivity contribution < 1.29 is 4.39 Å².